The van der Waals surface area contributed by atoms with Crippen LogP contribution >= 0.6 is 22.6 Å². The Labute approximate surface area is 161 Å². The van der Waals surface area contributed by atoms with Gasteiger partial charge in [0.15, 0.2) is 6.61 Å². The Bertz CT molecular complexity index is 717. The lowest BCUT2D eigenvalue weighted by molar-refractivity contribution is -0.118. The van der Waals surface area contributed by atoms with E-state index in [9.17, 15) is 9.59 Å². The molecule has 2 amide bonds. The van der Waals surface area contributed by atoms with E-state index in [0.29, 0.717) is 23.5 Å². The second-order valence-electron chi connectivity index (χ2n) is 5.49. The number of carbonyl (C=O) groups is 2. The summed E-state index contributed by atoms with van der Waals surface area (Å²) in [5.74, 6) is 0.296. The summed E-state index contributed by atoms with van der Waals surface area (Å²) >= 11 is 2.21. The molecule has 2 aromatic rings. The van der Waals surface area contributed by atoms with Crippen molar-refractivity contribution in [2.75, 3.05) is 17.2 Å². The molecule has 0 radical (unpaired) electrons. The first-order valence-electron chi connectivity index (χ1n) is 8.15. The van der Waals surface area contributed by atoms with Gasteiger partial charge in [-0.25, -0.2) is 0 Å². The molecule has 0 atom stereocenters. The second-order valence-corrected chi connectivity index (χ2v) is 6.73. The van der Waals surface area contributed by atoms with Gasteiger partial charge in [-0.05, 0) is 65.4 Å². The Morgan fingerprint density at radius 2 is 1.56 bits per heavy atom. The first kappa shape index (κ1) is 19.2. The summed E-state index contributed by atoms with van der Waals surface area (Å²) in [6, 6.07) is 14.6. The van der Waals surface area contributed by atoms with Crippen molar-refractivity contribution in [2.45, 2.75) is 26.2 Å². The Hall–Kier alpha value is -2.09. The minimum atomic E-state index is -0.284. The fourth-order valence-corrected chi connectivity index (χ4v) is 2.48. The average molecular weight is 452 g/mol. The number of hydrogen-bond acceptors (Lipinski definition) is 3. The van der Waals surface area contributed by atoms with Crippen LogP contribution in [-0.4, -0.2) is 18.4 Å². The molecule has 0 saturated heterocycles. The summed E-state index contributed by atoms with van der Waals surface area (Å²) in [4.78, 5) is 24.0. The topological polar surface area (TPSA) is 67.4 Å². The number of nitrogens with one attached hydrogen (secondary N) is 2. The fourth-order valence-electron chi connectivity index (χ4n) is 2.12. The van der Waals surface area contributed by atoms with E-state index in [1.54, 1.807) is 18.2 Å². The van der Waals surface area contributed by atoms with E-state index < -0.39 is 0 Å². The summed E-state index contributed by atoms with van der Waals surface area (Å²) in [6.45, 7) is 1.94. The molecule has 5 nitrogen and oxygen atoms in total. The van der Waals surface area contributed by atoms with Crippen LogP contribution < -0.4 is 15.4 Å². The minimum Gasteiger partial charge on any atom is -0.484 e. The molecule has 0 spiro atoms. The lowest BCUT2D eigenvalue weighted by atomic mass is 10.2. The van der Waals surface area contributed by atoms with Gasteiger partial charge in [0.2, 0.25) is 5.91 Å². The smallest absolute Gasteiger partial charge is 0.262 e. The van der Waals surface area contributed by atoms with Gasteiger partial charge in [-0.15, -0.1) is 0 Å². The zero-order valence-corrected chi connectivity index (χ0v) is 16.2. The van der Waals surface area contributed by atoms with Crippen LogP contribution in [-0.2, 0) is 9.59 Å². The summed E-state index contributed by atoms with van der Waals surface area (Å²) < 4.78 is 6.57. The van der Waals surface area contributed by atoms with Crippen molar-refractivity contribution in [1.82, 2.24) is 0 Å². The van der Waals surface area contributed by atoms with Crippen LogP contribution in [0.15, 0.2) is 48.5 Å². The fraction of sp³-hybridized carbons (Fsp3) is 0.263. The Morgan fingerprint density at radius 3 is 2.16 bits per heavy atom. The Kier molecular flexibility index (Phi) is 7.72. The van der Waals surface area contributed by atoms with E-state index in [0.717, 1.165) is 16.4 Å². The molecule has 2 N–H and O–H groups in total. The molecule has 0 aliphatic rings. The largest absolute Gasteiger partial charge is 0.484 e. The number of halogens is 1. The molecule has 6 heteroatoms. The molecule has 0 heterocycles. The van der Waals surface area contributed by atoms with Gasteiger partial charge in [0.1, 0.15) is 5.75 Å². The highest BCUT2D eigenvalue weighted by Gasteiger charge is 2.10. The first-order chi connectivity index (χ1) is 12.1. The van der Waals surface area contributed by atoms with Crippen LogP contribution in [0.25, 0.3) is 0 Å². The SMILES string of the molecule is CCCCC(=O)Nc1ccccc1NC(=O)COc1ccc(I)cc1. The quantitative estimate of drug-likeness (QED) is 0.583. The molecule has 2 rings (SSSR count). The molecule has 0 aliphatic heterocycles. The van der Waals surface area contributed by atoms with Crippen molar-refractivity contribution >= 4 is 45.8 Å². The Balaban J connectivity index is 1.91. The van der Waals surface area contributed by atoms with Crippen molar-refractivity contribution in [2.24, 2.45) is 0 Å². The molecule has 0 aliphatic carbocycles. The maximum absolute atomic E-state index is 12.1. The van der Waals surface area contributed by atoms with Crippen molar-refractivity contribution < 1.29 is 14.3 Å². The molecule has 0 bridgehead atoms. The lowest BCUT2D eigenvalue weighted by Crippen LogP contribution is -2.21. The van der Waals surface area contributed by atoms with Crippen LogP contribution in [0.5, 0.6) is 5.75 Å². The molecule has 0 unspecified atom stereocenters. The number of anilines is 2. The number of carbonyl (C=O) groups excluding carboxylic acids is 2. The van der Waals surface area contributed by atoms with Crippen LogP contribution in [0.4, 0.5) is 11.4 Å². The van der Waals surface area contributed by atoms with Crippen molar-refractivity contribution in [3.8, 4) is 5.75 Å². The maximum atomic E-state index is 12.1. The van der Waals surface area contributed by atoms with E-state index in [2.05, 4.69) is 33.2 Å². The average Bonchev–Trinajstić information content (AvgIpc) is 2.61. The zero-order valence-electron chi connectivity index (χ0n) is 14.0. The minimum absolute atomic E-state index is 0.0568. The van der Waals surface area contributed by atoms with E-state index in [1.807, 2.05) is 37.3 Å². The third kappa shape index (κ3) is 6.74. The standard InChI is InChI=1S/C19H21IN2O3/c1-2-3-8-18(23)21-16-6-4-5-7-17(16)22-19(24)13-25-15-11-9-14(20)10-12-15/h4-7,9-12H,2-3,8,13H2,1H3,(H,21,23)(H,22,24). The van der Waals surface area contributed by atoms with Gasteiger partial charge in [-0.2, -0.15) is 0 Å². The van der Waals surface area contributed by atoms with E-state index in [4.69, 9.17) is 4.74 Å². The summed E-state index contributed by atoms with van der Waals surface area (Å²) in [6.07, 6.45) is 2.26. The molecule has 2 aromatic carbocycles. The number of rotatable bonds is 8. The molecule has 0 saturated carbocycles. The predicted molar refractivity (Wildman–Crippen MR) is 108 cm³/mol. The van der Waals surface area contributed by atoms with Gasteiger partial charge < -0.3 is 15.4 Å². The first-order valence-corrected chi connectivity index (χ1v) is 9.23. The molecule has 0 aromatic heterocycles. The van der Waals surface area contributed by atoms with Crippen LogP contribution in [0.3, 0.4) is 0 Å². The predicted octanol–water partition coefficient (Wildman–Crippen LogP) is 4.44. The van der Waals surface area contributed by atoms with Crippen molar-refractivity contribution in [1.29, 1.82) is 0 Å². The van der Waals surface area contributed by atoms with Crippen molar-refractivity contribution in [3.05, 3.63) is 52.1 Å². The van der Waals surface area contributed by atoms with Gasteiger partial charge >= 0.3 is 0 Å². The van der Waals surface area contributed by atoms with Crippen molar-refractivity contribution in [3.63, 3.8) is 0 Å². The highest BCUT2D eigenvalue weighted by atomic mass is 127. The highest BCUT2D eigenvalue weighted by molar-refractivity contribution is 14.1. The number of para-hydroxylation sites is 2. The third-order valence-electron chi connectivity index (χ3n) is 3.42. The molecule has 132 valence electrons. The number of unbranched alkanes of at least 4 members (excludes halogenated alkanes) is 1. The van der Waals surface area contributed by atoms with E-state index >= 15 is 0 Å². The van der Waals surface area contributed by atoms with Gasteiger partial charge in [0.05, 0.1) is 11.4 Å². The number of amides is 2. The molecule has 25 heavy (non-hydrogen) atoms. The number of benzene rings is 2. The number of ether oxygens (including phenoxy) is 1. The lowest BCUT2D eigenvalue weighted by Gasteiger charge is -2.12. The Morgan fingerprint density at radius 1 is 0.960 bits per heavy atom. The van der Waals surface area contributed by atoms with Gasteiger partial charge in [0.25, 0.3) is 5.91 Å². The molecular formula is C19H21IN2O3. The second kappa shape index (κ2) is 10.0. The van der Waals surface area contributed by atoms with E-state index in [1.165, 1.54) is 0 Å². The van der Waals surface area contributed by atoms with E-state index in [-0.39, 0.29) is 18.4 Å². The monoisotopic (exact) mass is 452 g/mol. The van der Waals surface area contributed by atoms with Gasteiger partial charge in [-0.1, -0.05) is 25.5 Å². The molecular weight excluding hydrogens is 431 g/mol. The normalized spacial score (nSPS) is 10.2. The summed E-state index contributed by atoms with van der Waals surface area (Å²) in [5.41, 5.74) is 1.15. The van der Waals surface area contributed by atoms with Gasteiger partial charge in [-0.3, -0.25) is 9.59 Å². The van der Waals surface area contributed by atoms with Gasteiger partial charge in [0, 0.05) is 9.99 Å². The highest BCUT2D eigenvalue weighted by Crippen LogP contribution is 2.21. The summed E-state index contributed by atoms with van der Waals surface area (Å²) in [7, 11) is 0. The molecule has 0 fully saturated rings. The van der Waals surface area contributed by atoms with Crippen LogP contribution in [0.1, 0.15) is 26.2 Å². The third-order valence-corrected chi connectivity index (χ3v) is 4.14. The maximum Gasteiger partial charge on any atom is 0.262 e. The number of hydrogen-bond donors (Lipinski definition) is 2. The zero-order chi connectivity index (χ0) is 18.1. The summed E-state index contributed by atoms with van der Waals surface area (Å²) in [5, 5.41) is 5.61. The van der Waals surface area contributed by atoms with Crippen LogP contribution in [0, 0.1) is 3.57 Å². The van der Waals surface area contributed by atoms with Crippen LogP contribution in [0.2, 0.25) is 0 Å².